The Labute approximate surface area is 136 Å². The predicted molar refractivity (Wildman–Crippen MR) is 91.2 cm³/mol. The lowest BCUT2D eigenvalue weighted by molar-refractivity contribution is 0.282. The first-order chi connectivity index (χ1) is 11.0. The SMILES string of the molecule is CC(C)c1ccc(-c2ncnc3c2ncn3C(C)C)c(CO)c1. The van der Waals surface area contributed by atoms with Crippen molar-refractivity contribution in [1.29, 1.82) is 0 Å². The van der Waals surface area contributed by atoms with Crippen LogP contribution in [0.4, 0.5) is 0 Å². The molecule has 0 spiro atoms. The molecule has 0 aliphatic carbocycles. The second-order valence-corrected chi connectivity index (χ2v) is 6.37. The number of rotatable bonds is 4. The van der Waals surface area contributed by atoms with Crippen LogP contribution in [0.25, 0.3) is 22.4 Å². The van der Waals surface area contributed by atoms with Gasteiger partial charge >= 0.3 is 0 Å². The van der Waals surface area contributed by atoms with Gasteiger partial charge in [0.25, 0.3) is 0 Å². The maximum Gasteiger partial charge on any atom is 0.164 e. The van der Waals surface area contributed by atoms with E-state index in [0.29, 0.717) is 5.92 Å². The van der Waals surface area contributed by atoms with Gasteiger partial charge in [-0.3, -0.25) is 0 Å². The smallest absolute Gasteiger partial charge is 0.164 e. The molecule has 0 atom stereocenters. The number of benzene rings is 1. The van der Waals surface area contributed by atoms with Crippen molar-refractivity contribution in [3.05, 3.63) is 42.0 Å². The second-order valence-electron chi connectivity index (χ2n) is 6.37. The van der Waals surface area contributed by atoms with Gasteiger partial charge in [-0.15, -0.1) is 0 Å². The highest BCUT2D eigenvalue weighted by Crippen LogP contribution is 2.30. The predicted octanol–water partition coefficient (Wildman–Crippen LogP) is 3.69. The van der Waals surface area contributed by atoms with Crippen LogP contribution in [-0.2, 0) is 6.61 Å². The van der Waals surface area contributed by atoms with Gasteiger partial charge in [0.1, 0.15) is 17.5 Å². The van der Waals surface area contributed by atoms with Crippen LogP contribution in [0.15, 0.2) is 30.9 Å². The topological polar surface area (TPSA) is 63.8 Å². The van der Waals surface area contributed by atoms with E-state index in [4.69, 9.17) is 0 Å². The van der Waals surface area contributed by atoms with Crippen molar-refractivity contribution < 1.29 is 5.11 Å². The highest BCUT2D eigenvalue weighted by Gasteiger charge is 2.16. The Morgan fingerprint density at radius 3 is 2.52 bits per heavy atom. The molecule has 1 N–H and O–H groups in total. The molecule has 120 valence electrons. The molecule has 0 saturated heterocycles. The van der Waals surface area contributed by atoms with E-state index in [0.717, 1.165) is 28.0 Å². The van der Waals surface area contributed by atoms with Crippen LogP contribution in [0.1, 0.15) is 50.8 Å². The van der Waals surface area contributed by atoms with E-state index in [-0.39, 0.29) is 12.6 Å². The number of hydrogen-bond acceptors (Lipinski definition) is 4. The van der Waals surface area contributed by atoms with E-state index in [1.807, 2.05) is 16.7 Å². The molecule has 23 heavy (non-hydrogen) atoms. The number of hydrogen-bond donors (Lipinski definition) is 1. The fraction of sp³-hybridized carbons (Fsp3) is 0.389. The summed E-state index contributed by atoms with van der Waals surface area (Å²) in [6, 6.07) is 6.44. The lowest BCUT2D eigenvalue weighted by atomic mass is 9.96. The molecular weight excluding hydrogens is 288 g/mol. The first-order valence-corrected chi connectivity index (χ1v) is 7.94. The Kier molecular flexibility index (Phi) is 4.13. The molecule has 0 aliphatic rings. The van der Waals surface area contributed by atoms with E-state index >= 15 is 0 Å². The number of aromatic nitrogens is 4. The first kappa shape index (κ1) is 15.6. The fourth-order valence-electron chi connectivity index (χ4n) is 2.76. The maximum absolute atomic E-state index is 9.78. The van der Waals surface area contributed by atoms with Gasteiger partial charge in [-0.1, -0.05) is 32.0 Å². The number of imidazole rings is 1. The van der Waals surface area contributed by atoms with Gasteiger partial charge in [0.15, 0.2) is 5.65 Å². The standard InChI is InChI=1S/C18H22N4O/c1-11(2)13-5-6-15(14(7-13)8-23)16-17-18(20-9-19-16)22(10-21-17)12(3)4/h5-7,9-12,23H,8H2,1-4H3. The van der Waals surface area contributed by atoms with Gasteiger partial charge in [-0.2, -0.15) is 0 Å². The normalized spacial score (nSPS) is 11.8. The molecule has 5 heteroatoms. The van der Waals surface area contributed by atoms with E-state index in [1.54, 1.807) is 12.7 Å². The molecule has 5 nitrogen and oxygen atoms in total. The Balaban J connectivity index is 2.21. The zero-order valence-corrected chi connectivity index (χ0v) is 14.0. The van der Waals surface area contributed by atoms with E-state index in [2.05, 4.69) is 48.7 Å². The van der Waals surface area contributed by atoms with Crippen molar-refractivity contribution in [1.82, 2.24) is 19.5 Å². The molecule has 0 fully saturated rings. The lowest BCUT2D eigenvalue weighted by Gasteiger charge is -2.12. The molecule has 0 amide bonds. The number of aliphatic hydroxyl groups is 1. The van der Waals surface area contributed by atoms with E-state index < -0.39 is 0 Å². The van der Waals surface area contributed by atoms with Gasteiger partial charge < -0.3 is 9.67 Å². The Hall–Kier alpha value is -2.27. The Morgan fingerprint density at radius 2 is 1.87 bits per heavy atom. The zero-order chi connectivity index (χ0) is 16.6. The summed E-state index contributed by atoms with van der Waals surface area (Å²) in [4.78, 5) is 13.3. The molecule has 0 bridgehead atoms. The summed E-state index contributed by atoms with van der Waals surface area (Å²) < 4.78 is 2.03. The summed E-state index contributed by atoms with van der Waals surface area (Å²) in [5, 5.41) is 9.78. The Morgan fingerprint density at radius 1 is 1.09 bits per heavy atom. The van der Waals surface area contributed by atoms with Gasteiger partial charge in [-0.25, -0.2) is 15.0 Å². The average Bonchev–Trinajstić information content (AvgIpc) is 2.98. The summed E-state index contributed by atoms with van der Waals surface area (Å²) in [5.74, 6) is 0.417. The third kappa shape index (κ3) is 2.72. The third-order valence-corrected chi connectivity index (χ3v) is 4.14. The monoisotopic (exact) mass is 310 g/mol. The fourth-order valence-corrected chi connectivity index (χ4v) is 2.76. The summed E-state index contributed by atoms with van der Waals surface area (Å²) >= 11 is 0. The number of fused-ring (bicyclic) bond motifs is 1. The molecule has 0 aliphatic heterocycles. The number of aliphatic hydroxyl groups excluding tert-OH is 1. The Bertz CT molecular complexity index is 836. The highest BCUT2D eigenvalue weighted by molar-refractivity contribution is 5.88. The van der Waals surface area contributed by atoms with Crippen LogP contribution in [0.5, 0.6) is 0 Å². The van der Waals surface area contributed by atoms with Crippen LogP contribution in [0, 0.1) is 0 Å². The van der Waals surface area contributed by atoms with Crippen molar-refractivity contribution in [2.24, 2.45) is 0 Å². The first-order valence-electron chi connectivity index (χ1n) is 7.94. The number of nitrogens with zero attached hydrogens (tertiary/aromatic N) is 4. The molecule has 3 rings (SSSR count). The van der Waals surface area contributed by atoms with Gasteiger partial charge in [-0.05, 0) is 30.9 Å². The molecule has 0 unspecified atom stereocenters. The van der Waals surface area contributed by atoms with Crippen molar-refractivity contribution in [3.8, 4) is 11.3 Å². The van der Waals surface area contributed by atoms with Crippen LogP contribution < -0.4 is 0 Å². The summed E-state index contributed by atoms with van der Waals surface area (Å²) in [7, 11) is 0. The quantitative estimate of drug-likeness (QED) is 0.798. The van der Waals surface area contributed by atoms with Crippen molar-refractivity contribution >= 4 is 11.2 Å². The van der Waals surface area contributed by atoms with Gasteiger partial charge in [0.05, 0.1) is 12.9 Å². The average molecular weight is 310 g/mol. The van der Waals surface area contributed by atoms with Crippen molar-refractivity contribution in [2.75, 3.05) is 0 Å². The second kappa shape index (κ2) is 6.08. The van der Waals surface area contributed by atoms with Crippen molar-refractivity contribution in [2.45, 2.75) is 46.3 Å². The van der Waals surface area contributed by atoms with Crippen molar-refractivity contribution in [3.63, 3.8) is 0 Å². The van der Waals surface area contributed by atoms with Crippen LogP contribution >= 0.6 is 0 Å². The summed E-state index contributed by atoms with van der Waals surface area (Å²) in [6.45, 7) is 8.46. The lowest BCUT2D eigenvalue weighted by Crippen LogP contribution is -2.01. The molecule has 0 saturated carbocycles. The van der Waals surface area contributed by atoms with Crippen LogP contribution in [0.2, 0.25) is 0 Å². The molecule has 1 aromatic carbocycles. The summed E-state index contributed by atoms with van der Waals surface area (Å²) in [6.07, 6.45) is 3.37. The minimum absolute atomic E-state index is 0.0215. The molecule has 2 heterocycles. The molecule has 3 aromatic rings. The van der Waals surface area contributed by atoms with E-state index in [1.165, 1.54) is 5.56 Å². The third-order valence-electron chi connectivity index (χ3n) is 4.14. The molecule has 0 radical (unpaired) electrons. The molecule has 2 aromatic heterocycles. The largest absolute Gasteiger partial charge is 0.392 e. The maximum atomic E-state index is 9.78. The highest BCUT2D eigenvalue weighted by atomic mass is 16.3. The molecular formula is C18H22N4O. The van der Waals surface area contributed by atoms with Crippen LogP contribution in [0.3, 0.4) is 0 Å². The summed E-state index contributed by atoms with van der Waals surface area (Å²) in [5.41, 5.74) is 5.35. The van der Waals surface area contributed by atoms with E-state index in [9.17, 15) is 5.11 Å². The van der Waals surface area contributed by atoms with Gasteiger partial charge in [0.2, 0.25) is 0 Å². The minimum Gasteiger partial charge on any atom is -0.392 e. The zero-order valence-electron chi connectivity index (χ0n) is 14.0. The minimum atomic E-state index is -0.0215. The van der Waals surface area contributed by atoms with Crippen LogP contribution in [-0.4, -0.2) is 24.6 Å². The van der Waals surface area contributed by atoms with Gasteiger partial charge in [0, 0.05) is 11.6 Å².